The van der Waals surface area contributed by atoms with Gasteiger partial charge in [-0.2, -0.15) is 0 Å². The summed E-state index contributed by atoms with van der Waals surface area (Å²) in [5.74, 6) is 1.15. The number of benzene rings is 1. The van der Waals surface area contributed by atoms with Crippen LogP contribution in [-0.4, -0.2) is 41.5 Å². The van der Waals surface area contributed by atoms with Crippen molar-refractivity contribution in [1.29, 1.82) is 0 Å². The Morgan fingerprint density at radius 1 is 0.917 bits per heavy atom. The predicted molar refractivity (Wildman–Crippen MR) is 85.8 cm³/mol. The fraction of sp³-hybridized carbons (Fsp3) is 0.625. The summed E-state index contributed by atoms with van der Waals surface area (Å²) in [5, 5.41) is 20.9. The average molecular weight is 336 g/mol. The highest BCUT2D eigenvalue weighted by atomic mass is 16.7. The van der Waals surface area contributed by atoms with Gasteiger partial charge in [-0.05, 0) is 31.5 Å². The van der Waals surface area contributed by atoms with Gasteiger partial charge in [0.2, 0.25) is 6.79 Å². The van der Waals surface area contributed by atoms with Crippen LogP contribution in [0, 0.1) is 11.8 Å². The molecule has 2 saturated heterocycles. The predicted octanol–water partition coefficient (Wildman–Crippen LogP) is -0.639. The topological polar surface area (TPSA) is 107 Å². The van der Waals surface area contributed by atoms with Gasteiger partial charge < -0.3 is 19.7 Å². The number of ether oxygens (including phenoxy) is 2. The molecule has 132 valence electrons. The third-order valence-corrected chi connectivity index (χ3v) is 5.41. The Morgan fingerprint density at radius 3 is 2.04 bits per heavy atom. The van der Waals surface area contributed by atoms with Crippen LogP contribution >= 0.6 is 0 Å². The van der Waals surface area contributed by atoms with E-state index in [0.29, 0.717) is 5.75 Å². The van der Waals surface area contributed by atoms with Crippen LogP contribution in [0.1, 0.15) is 25.3 Å². The molecule has 3 heterocycles. The van der Waals surface area contributed by atoms with Crippen LogP contribution in [0.3, 0.4) is 0 Å². The third-order valence-electron chi connectivity index (χ3n) is 5.41. The van der Waals surface area contributed by atoms with Crippen LogP contribution in [0.5, 0.6) is 11.5 Å². The van der Waals surface area contributed by atoms with Gasteiger partial charge >= 0.3 is 0 Å². The zero-order valence-electron chi connectivity index (χ0n) is 13.7. The van der Waals surface area contributed by atoms with Gasteiger partial charge in [0, 0.05) is 29.8 Å². The summed E-state index contributed by atoms with van der Waals surface area (Å²) >= 11 is 0. The Hall–Kier alpha value is -1.42. The Kier molecular flexibility index (Phi) is 4.11. The van der Waals surface area contributed by atoms with Crippen molar-refractivity contribution in [3.05, 3.63) is 23.8 Å². The number of rotatable bonds is 3. The smallest absolute Gasteiger partial charge is 0.231 e. The molecule has 0 radical (unpaired) electrons. The summed E-state index contributed by atoms with van der Waals surface area (Å²) in [4.78, 5) is 0. The fourth-order valence-electron chi connectivity index (χ4n) is 4.20. The molecular weight excluding hydrogens is 312 g/mol. The number of hydrogen-bond acceptors (Lipinski definition) is 8. The first-order valence-corrected chi connectivity index (χ1v) is 8.34. The van der Waals surface area contributed by atoms with Gasteiger partial charge in [0.05, 0.1) is 0 Å². The van der Waals surface area contributed by atoms with Gasteiger partial charge in [-0.15, -0.1) is 0 Å². The quantitative estimate of drug-likeness (QED) is 0.433. The van der Waals surface area contributed by atoms with Crippen molar-refractivity contribution < 1.29 is 19.7 Å². The molecule has 0 saturated carbocycles. The van der Waals surface area contributed by atoms with E-state index in [1.165, 1.54) is 0 Å². The molecule has 2 fully saturated rings. The Morgan fingerprint density at radius 2 is 1.50 bits per heavy atom. The van der Waals surface area contributed by atoms with E-state index in [1.807, 2.05) is 32.0 Å². The minimum Gasteiger partial charge on any atom is -0.454 e. The van der Waals surface area contributed by atoms with Crippen LogP contribution < -0.4 is 31.2 Å². The molecule has 0 bridgehead atoms. The summed E-state index contributed by atoms with van der Waals surface area (Å²) in [6, 6.07) is 5.95. The van der Waals surface area contributed by atoms with E-state index in [0.717, 1.165) is 11.3 Å². The van der Waals surface area contributed by atoms with Crippen molar-refractivity contribution in [2.75, 3.05) is 6.79 Å². The lowest BCUT2D eigenvalue weighted by atomic mass is 9.71. The molecule has 0 aromatic heterocycles. The van der Waals surface area contributed by atoms with Crippen LogP contribution in [-0.2, 0) is 0 Å². The highest BCUT2D eigenvalue weighted by molar-refractivity contribution is 5.46. The third kappa shape index (κ3) is 2.55. The van der Waals surface area contributed by atoms with Crippen molar-refractivity contribution in [3.8, 4) is 11.5 Å². The van der Waals surface area contributed by atoms with Crippen LogP contribution in [0.25, 0.3) is 0 Å². The van der Waals surface area contributed by atoms with Gasteiger partial charge in [-0.3, -0.25) is 10.9 Å². The molecule has 6 N–H and O–H groups in total. The van der Waals surface area contributed by atoms with Crippen LogP contribution in [0.2, 0.25) is 0 Å². The summed E-state index contributed by atoms with van der Waals surface area (Å²) in [6.45, 7) is 4.28. The van der Waals surface area contributed by atoms with Crippen LogP contribution in [0.15, 0.2) is 18.2 Å². The van der Waals surface area contributed by atoms with E-state index < -0.39 is 12.5 Å². The van der Waals surface area contributed by atoms with E-state index in [4.69, 9.17) is 9.47 Å². The van der Waals surface area contributed by atoms with Crippen molar-refractivity contribution >= 4 is 0 Å². The molecule has 3 aliphatic heterocycles. The second-order valence-corrected chi connectivity index (χ2v) is 6.84. The molecule has 3 aliphatic rings. The van der Waals surface area contributed by atoms with Crippen molar-refractivity contribution in [3.63, 3.8) is 0 Å². The van der Waals surface area contributed by atoms with Gasteiger partial charge in [0.1, 0.15) is 12.5 Å². The van der Waals surface area contributed by atoms with Gasteiger partial charge in [-0.25, -0.2) is 10.9 Å². The molecule has 8 nitrogen and oxygen atoms in total. The van der Waals surface area contributed by atoms with Crippen LogP contribution in [0.4, 0.5) is 0 Å². The maximum Gasteiger partial charge on any atom is 0.231 e. The zero-order chi connectivity index (χ0) is 16.8. The molecule has 1 aromatic rings. The molecule has 6 atom stereocenters. The van der Waals surface area contributed by atoms with E-state index >= 15 is 0 Å². The number of hydrazine groups is 2. The molecule has 1 aromatic carbocycles. The second-order valence-electron chi connectivity index (χ2n) is 6.84. The van der Waals surface area contributed by atoms with E-state index in [9.17, 15) is 10.2 Å². The normalized spacial score (nSPS) is 39.3. The zero-order valence-corrected chi connectivity index (χ0v) is 13.7. The lowest BCUT2D eigenvalue weighted by Crippen LogP contribution is -2.41. The molecule has 0 spiro atoms. The van der Waals surface area contributed by atoms with E-state index in [-0.39, 0.29) is 36.6 Å². The first-order chi connectivity index (χ1) is 11.6. The molecule has 8 heteroatoms. The summed E-state index contributed by atoms with van der Waals surface area (Å²) in [5.41, 5.74) is 13.0. The lowest BCUT2D eigenvalue weighted by molar-refractivity contribution is 0.0396. The summed E-state index contributed by atoms with van der Waals surface area (Å²) in [6.07, 6.45) is -1.40. The number of nitrogens with one attached hydrogen (secondary N) is 4. The molecule has 24 heavy (non-hydrogen) atoms. The molecular formula is C16H24N4O4. The molecule has 4 rings (SSSR count). The minimum absolute atomic E-state index is 0.0513. The Balaban J connectivity index is 1.75. The monoisotopic (exact) mass is 336 g/mol. The largest absolute Gasteiger partial charge is 0.454 e. The number of aliphatic hydroxyl groups excluding tert-OH is 2. The van der Waals surface area contributed by atoms with Crippen molar-refractivity contribution in [2.45, 2.75) is 44.3 Å². The number of hydrogen-bond donors (Lipinski definition) is 6. The maximum atomic E-state index is 10.5. The van der Waals surface area contributed by atoms with Gasteiger partial charge in [-0.1, -0.05) is 6.07 Å². The van der Waals surface area contributed by atoms with E-state index in [1.54, 1.807) is 0 Å². The highest BCUT2D eigenvalue weighted by Gasteiger charge is 2.48. The van der Waals surface area contributed by atoms with Crippen molar-refractivity contribution in [1.82, 2.24) is 21.7 Å². The second kappa shape index (κ2) is 6.14. The Labute approximate surface area is 140 Å². The van der Waals surface area contributed by atoms with Crippen molar-refractivity contribution in [2.24, 2.45) is 11.8 Å². The molecule has 0 aliphatic carbocycles. The van der Waals surface area contributed by atoms with Gasteiger partial charge in [0.15, 0.2) is 11.5 Å². The molecule has 6 unspecified atom stereocenters. The maximum absolute atomic E-state index is 10.5. The number of fused-ring (bicyclic) bond motifs is 1. The fourth-order valence-corrected chi connectivity index (χ4v) is 4.20. The Bertz CT molecular complexity index is 572. The number of aliphatic hydroxyl groups is 2. The average Bonchev–Trinajstić information content (AvgIpc) is 3.24. The van der Waals surface area contributed by atoms with E-state index in [2.05, 4.69) is 21.7 Å². The van der Waals surface area contributed by atoms with Gasteiger partial charge in [0.25, 0.3) is 0 Å². The minimum atomic E-state index is -0.699. The lowest BCUT2D eigenvalue weighted by Gasteiger charge is -2.35. The highest BCUT2D eigenvalue weighted by Crippen LogP contribution is 2.44. The first-order valence-electron chi connectivity index (χ1n) is 8.34. The molecule has 0 amide bonds. The summed E-state index contributed by atoms with van der Waals surface area (Å²) in [7, 11) is 0. The SMILES string of the molecule is CC1NNC(O)C1C(c1ccc2c(c1)OCO2)C1C(C)NNC1O. The standard InChI is InChI=1S/C16H24N4O4/c1-7-12(15(21)19-17-7)14(13-8(2)18-20-16(13)22)9-3-4-10-11(5-9)24-6-23-10/h3-5,7-8,12-22H,6H2,1-2H3. The first kappa shape index (κ1) is 16.1. The summed E-state index contributed by atoms with van der Waals surface area (Å²) < 4.78 is 10.9.